The molecule has 1 aromatic rings. The van der Waals surface area contributed by atoms with Crippen molar-refractivity contribution < 1.29 is 14.3 Å². The SMILES string of the molecule is CC[C@H]1CCCCN1C(=O)CCNC(=O)c1cccc(OC)c1. The summed E-state index contributed by atoms with van der Waals surface area (Å²) in [6, 6.07) is 7.36. The highest BCUT2D eigenvalue weighted by Gasteiger charge is 2.24. The lowest BCUT2D eigenvalue weighted by atomic mass is 9.99. The van der Waals surface area contributed by atoms with Crippen LogP contribution in [0, 0.1) is 0 Å². The summed E-state index contributed by atoms with van der Waals surface area (Å²) < 4.78 is 5.11. The van der Waals surface area contributed by atoms with Gasteiger partial charge >= 0.3 is 0 Å². The highest BCUT2D eigenvalue weighted by Crippen LogP contribution is 2.20. The van der Waals surface area contributed by atoms with Crippen molar-refractivity contribution in [3.63, 3.8) is 0 Å². The summed E-state index contributed by atoms with van der Waals surface area (Å²) in [5, 5.41) is 2.81. The van der Waals surface area contributed by atoms with Crippen LogP contribution in [-0.4, -0.2) is 43.0 Å². The van der Waals surface area contributed by atoms with Crippen LogP contribution >= 0.6 is 0 Å². The molecule has 1 atom stereocenters. The van der Waals surface area contributed by atoms with Gasteiger partial charge in [-0.05, 0) is 43.9 Å². The maximum atomic E-state index is 12.3. The summed E-state index contributed by atoms with van der Waals surface area (Å²) in [5.74, 6) is 0.609. The number of carbonyl (C=O) groups excluding carboxylic acids is 2. The van der Waals surface area contributed by atoms with Crippen LogP contribution in [0.25, 0.3) is 0 Å². The van der Waals surface area contributed by atoms with E-state index in [0.29, 0.717) is 30.3 Å². The molecule has 1 fully saturated rings. The molecule has 2 rings (SSSR count). The molecule has 23 heavy (non-hydrogen) atoms. The fraction of sp³-hybridized carbons (Fsp3) is 0.556. The lowest BCUT2D eigenvalue weighted by Crippen LogP contribution is -2.44. The van der Waals surface area contributed by atoms with Gasteiger partial charge in [0, 0.05) is 31.1 Å². The second-order valence-electron chi connectivity index (χ2n) is 5.88. The van der Waals surface area contributed by atoms with Crippen LogP contribution in [0.4, 0.5) is 0 Å². The van der Waals surface area contributed by atoms with E-state index in [1.165, 1.54) is 6.42 Å². The van der Waals surface area contributed by atoms with Gasteiger partial charge in [0.1, 0.15) is 5.75 Å². The number of piperidine rings is 1. The molecule has 0 spiro atoms. The molecule has 126 valence electrons. The van der Waals surface area contributed by atoms with Crippen LogP contribution in [0.1, 0.15) is 49.4 Å². The summed E-state index contributed by atoms with van der Waals surface area (Å²) in [5.41, 5.74) is 0.543. The van der Waals surface area contributed by atoms with Crippen molar-refractivity contribution in [1.29, 1.82) is 0 Å². The molecule has 0 unspecified atom stereocenters. The number of nitrogens with zero attached hydrogens (tertiary/aromatic N) is 1. The minimum atomic E-state index is -0.178. The summed E-state index contributed by atoms with van der Waals surface area (Å²) >= 11 is 0. The van der Waals surface area contributed by atoms with Crippen molar-refractivity contribution in [3.8, 4) is 5.75 Å². The van der Waals surface area contributed by atoms with E-state index in [-0.39, 0.29) is 11.8 Å². The highest BCUT2D eigenvalue weighted by atomic mass is 16.5. The van der Waals surface area contributed by atoms with E-state index >= 15 is 0 Å². The molecule has 1 aliphatic heterocycles. The molecule has 0 aromatic heterocycles. The van der Waals surface area contributed by atoms with Crippen molar-refractivity contribution in [2.24, 2.45) is 0 Å². The predicted octanol–water partition coefficient (Wildman–Crippen LogP) is 2.61. The number of rotatable bonds is 6. The average Bonchev–Trinajstić information content (AvgIpc) is 2.61. The molecule has 1 N–H and O–H groups in total. The minimum Gasteiger partial charge on any atom is -0.497 e. The van der Waals surface area contributed by atoms with Gasteiger partial charge in [-0.3, -0.25) is 9.59 Å². The largest absolute Gasteiger partial charge is 0.497 e. The van der Waals surface area contributed by atoms with Gasteiger partial charge in [-0.2, -0.15) is 0 Å². The van der Waals surface area contributed by atoms with Crippen LogP contribution in [0.15, 0.2) is 24.3 Å². The quantitative estimate of drug-likeness (QED) is 0.877. The third-order valence-electron chi connectivity index (χ3n) is 4.38. The molecule has 1 aliphatic rings. The Balaban J connectivity index is 1.81. The first kappa shape index (κ1) is 17.3. The first-order valence-corrected chi connectivity index (χ1v) is 8.37. The van der Waals surface area contributed by atoms with Gasteiger partial charge in [0.05, 0.1) is 7.11 Å². The van der Waals surface area contributed by atoms with Gasteiger partial charge in [0.25, 0.3) is 5.91 Å². The van der Waals surface area contributed by atoms with Gasteiger partial charge in [0.15, 0.2) is 0 Å². The number of amides is 2. The summed E-state index contributed by atoms with van der Waals surface area (Å²) in [7, 11) is 1.57. The second-order valence-corrected chi connectivity index (χ2v) is 5.88. The van der Waals surface area contributed by atoms with Crippen LogP contribution < -0.4 is 10.1 Å². The van der Waals surface area contributed by atoms with Crippen LogP contribution in [0.2, 0.25) is 0 Å². The van der Waals surface area contributed by atoms with Gasteiger partial charge < -0.3 is 15.0 Å². The van der Waals surface area contributed by atoms with Crippen LogP contribution in [-0.2, 0) is 4.79 Å². The van der Waals surface area contributed by atoms with Crippen molar-refractivity contribution in [3.05, 3.63) is 29.8 Å². The molecule has 5 heteroatoms. The molecular formula is C18H26N2O3. The monoisotopic (exact) mass is 318 g/mol. The number of hydrogen-bond acceptors (Lipinski definition) is 3. The molecule has 1 heterocycles. The first-order chi connectivity index (χ1) is 11.2. The Labute approximate surface area is 138 Å². The number of carbonyl (C=O) groups is 2. The molecule has 1 aromatic carbocycles. The topological polar surface area (TPSA) is 58.6 Å². The molecule has 5 nitrogen and oxygen atoms in total. The van der Waals surface area contributed by atoms with Crippen molar-refractivity contribution in [2.75, 3.05) is 20.2 Å². The van der Waals surface area contributed by atoms with Gasteiger partial charge in [-0.25, -0.2) is 0 Å². The number of benzene rings is 1. The van der Waals surface area contributed by atoms with E-state index in [9.17, 15) is 9.59 Å². The Hall–Kier alpha value is -2.04. The van der Waals surface area contributed by atoms with Gasteiger partial charge in [-0.15, -0.1) is 0 Å². The normalized spacial score (nSPS) is 17.7. The third-order valence-corrected chi connectivity index (χ3v) is 4.38. The summed E-state index contributed by atoms with van der Waals surface area (Å²) in [6.07, 6.45) is 4.74. The smallest absolute Gasteiger partial charge is 0.251 e. The molecule has 0 bridgehead atoms. The Bertz CT molecular complexity index is 545. The molecule has 2 amide bonds. The van der Waals surface area contributed by atoms with Gasteiger partial charge in [0.2, 0.25) is 5.91 Å². The fourth-order valence-corrected chi connectivity index (χ4v) is 3.05. The predicted molar refractivity (Wildman–Crippen MR) is 89.6 cm³/mol. The van der Waals surface area contributed by atoms with Crippen molar-refractivity contribution in [1.82, 2.24) is 10.2 Å². The van der Waals surface area contributed by atoms with Crippen LogP contribution in [0.5, 0.6) is 5.75 Å². The molecular weight excluding hydrogens is 292 g/mol. The zero-order valence-corrected chi connectivity index (χ0v) is 14.0. The molecule has 0 saturated carbocycles. The maximum absolute atomic E-state index is 12.3. The lowest BCUT2D eigenvalue weighted by Gasteiger charge is -2.35. The van der Waals surface area contributed by atoms with E-state index in [4.69, 9.17) is 4.74 Å². The first-order valence-electron chi connectivity index (χ1n) is 8.37. The number of ether oxygens (including phenoxy) is 1. The van der Waals surface area contributed by atoms with E-state index in [2.05, 4.69) is 12.2 Å². The third kappa shape index (κ3) is 4.71. The van der Waals surface area contributed by atoms with Gasteiger partial charge in [-0.1, -0.05) is 13.0 Å². The Morgan fingerprint density at radius 1 is 1.35 bits per heavy atom. The average molecular weight is 318 g/mol. The number of methoxy groups -OCH3 is 1. The number of nitrogens with one attached hydrogen (secondary N) is 1. The van der Waals surface area contributed by atoms with Crippen molar-refractivity contribution in [2.45, 2.75) is 45.1 Å². The maximum Gasteiger partial charge on any atom is 0.251 e. The molecule has 1 saturated heterocycles. The van der Waals surface area contributed by atoms with E-state index in [0.717, 1.165) is 25.8 Å². The molecule has 0 aliphatic carbocycles. The Morgan fingerprint density at radius 3 is 2.91 bits per heavy atom. The zero-order chi connectivity index (χ0) is 16.7. The van der Waals surface area contributed by atoms with E-state index in [1.54, 1.807) is 31.4 Å². The Morgan fingerprint density at radius 2 is 2.17 bits per heavy atom. The standard InChI is InChI=1S/C18H26N2O3/c1-3-15-8-4-5-12-20(15)17(21)10-11-19-18(22)14-7-6-9-16(13-14)23-2/h6-7,9,13,15H,3-5,8,10-12H2,1-2H3,(H,19,22)/t15-/m0/s1. The van der Waals surface area contributed by atoms with E-state index in [1.807, 2.05) is 4.90 Å². The number of likely N-dealkylation sites (tertiary alicyclic amines) is 1. The fourth-order valence-electron chi connectivity index (χ4n) is 3.05. The molecule has 0 radical (unpaired) electrons. The second kappa shape index (κ2) is 8.56. The van der Waals surface area contributed by atoms with E-state index < -0.39 is 0 Å². The zero-order valence-electron chi connectivity index (χ0n) is 14.0. The number of hydrogen-bond donors (Lipinski definition) is 1. The van der Waals surface area contributed by atoms with Crippen molar-refractivity contribution >= 4 is 11.8 Å². The van der Waals surface area contributed by atoms with Crippen LogP contribution in [0.3, 0.4) is 0 Å². The lowest BCUT2D eigenvalue weighted by molar-refractivity contribution is -0.134. The summed E-state index contributed by atoms with van der Waals surface area (Å²) in [4.78, 5) is 26.4. The Kier molecular flexibility index (Phi) is 6.44. The highest BCUT2D eigenvalue weighted by molar-refractivity contribution is 5.94. The minimum absolute atomic E-state index is 0.141. The summed E-state index contributed by atoms with van der Waals surface area (Å²) in [6.45, 7) is 3.34.